The number of carbonyl (C=O) groups is 1. The highest BCUT2D eigenvalue weighted by Crippen LogP contribution is 2.07. The Kier molecular flexibility index (Phi) is 4.77. The summed E-state index contributed by atoms with van der Waals surface area (Å²) in [5, 5.41) is 0. The fourth-order valence-electron chi connectivity index (χ4n) is 0.574. The van der Waals surface area contributed by atoms with E-state index < -0.39 is 18.1 Å². The molecule has 2 atom stereocenters. The van der Waals surface area contributed by atoms with Crippen molar-refractivity contribution in [3.8, 4) is 0 Å². The number of carbonyl (C=O) groups excluding carboxylic acids is 1. The van der Waals surface area contributed by atoms with Gasteiger partial charge in [0.2, 0.25) is 6.17 Å². The van der Waals surface area contributed by atoms with E-state index in [0.717, 1.165) is 0 Å². The molecule has 66 valence electrons. The summed E-state index contributed by atoms with van der Waals surface area (Å²) >= 11 is 0. The molecular weight excluding hydrogens is 149 g/mol. The molecule has 0 rings (SSSR count). The minimum Gasteiger partial charge on any atom is -0.464 e. The molecule has 0 heterocycles. The summed E-state index contributed by atoms with van der Waals surface area (Å²) in [5.41, 5.74) is 5.16. The van der Waals surface area contributed by atoms with Crippen molar-refractivity contribution in [1.82, 2.24) is 0 Å². The number of ether oxygens (including phenoxy) is 1. The summed E-state index contributed by atoms with van der Waals surface area (Å²) in [6.45, 7) is 3.57. The summed E-state index contributed by atoms with van der Waals surface area (Å²) in [4.78, 5) is 10.7. The zero-order valence-corrected chi connectivity index (χ0v) is 6.84. The molecule has 0 spiro atoms. The molecule has 2 unspecified atom stereocenters. The predicted octanol–water partition coefficient (Wildman–Crippen LogP) is 0.482. The summed E-state index contributed by atoms with van der Waals surface area (Å²) in [5.74, 6) is -1.28. The molecule has 0 radical (unpaired) electrons. The lowest BCUT2D eigenvalue weighted by Gasteiger charge is -2.12. The molecule has 0 amide bonds. The van der Waals surface area contributed by atoms with Crippen molar-refractivity contribution < 1.29 is 13.9 Å². The second kappa shape index (κ2) is 5.07. The molecule has 0 aromatic heterocycles. The van der Waals surface area contributed by atoms with Crippen LogP contribution in [0.1, 0.15) is 13.8 Å². The molecule has 2 N–H and O–H groups in total. The van der Waals surface area contributed by atoms with Crippen LogP contribution in [0.25, 0.3) is 0 Å². The molecule has 3 nitrogen and oxygen atoms in total. The van der Waals surface area contributed by atoms with Gasteiger partial charge in [-0.3, -0.25) is 0 Å². The minimum absolute atomic E-state index is 0.153. The lowest BCUT2D eigenvalue weighted by Crippen LogP contribution is -2.30. The van der Waals surface area contributed by atoms with Crippen LogP contribution in [0, 0.1) is 5.92 Å². The molecule has 11 heavy (non-hydrogen) atoms. The predicted molar refractivity (Wildman–Crippen MR) is 39.7 cm³/mol. The van der Waals surface area contributed by atoms with Crippen molar-refractivity contribution in [2.45, 2.75) is 20.0 Å². The number of hydrogen-bond donors (Lipinski definition) is 1. The first kappa shape index (κ1) is 10.4. The number of nitrogens with two attached hydrogens (primary N) is 1. The standard InChI is InChI=1S/C7H14FNO2/c1-3-11-7(10)6(8)5(2)4-9/h5-6H,3-4,9H2,1-2H3. The molecule has 0 saturated heterocycles. The van der Waals surface area contributed by atoms with Gasteiger partial charge in [-0.15, -0.1) is 0 Å². The van der Waals surface area contributed by atoms with E-state index in [9.17, 15) is 9.18 Å². The quantitative estimate of drug-likeness (QED) is 0.613. The van der Waals surface area contributed by atoms with Gasteiger partial charge in [-0.25, -0.2) is 9.18 Å². The highest BCUT2D eigenvalue weighted by molar-refractivity contribution is 5.74. The van der Waals surface area contributed by atoms with E-state index in [2.05, 4.69) is 4.74 Å². The van der Waals surface area contributed by atoms with Crippen LogP contribution in [-0.4, -0.2) is 25.3 Å². The van der Waals surface area contributed by atoms with Crippen molar-refractivity contribution >= 4 is 5.97 Å². The van der Waals surface area contributed by atoms with Gasteiger partial charge in [-0.05, 0) is 13.5 Å². The SMILES string of the molecule is CCOC(=O)C(F)C(C)CN. The lowest BCUT2D eigenvalue weighted by atomic mass is 10.1. The first-order chi connectivity index (χ1) is 5.13. The Morgan fingerprint density at radius 1 is 1.73 bits per heavy atom. The Hall–Kier alpha value is -0.640. The number of alkyl halides is 1. The monoisotopic (exact) mass is 163 g/mol. The van der Waals surface area contributed by atoms with E-state index in [-0.39, 0.29) is 13.2 Å². The fraction of sp³-hybridized carbons (Fsp3) is 0.857. The van der Waals surface area contributed by atoms with E-state index in [1.807, 2.05) is 0 Å². The lowest BCUT2D eigenvalue weighted by molar-refractivity contribution is -0.150. The van der Waals surface area contributed by atoms with E-state index in [1.165, 1.54) is 0 Å². The van der Waals surface area contributed by atoms with Crippen LogP contribution in [-0.2, 0) is 9.53 Å². The summed E-state index contributed by atoms with van der Waals surface area (Å²) in [6.07, 6.45) is -1.58. The minimum atomic E-state index is -1.58. The third-order valence-corrected chi connectivity index (χ3v) is 1.38. The molecule has 0 bridgehead atoms. The van der Waals surface area contributed by atoms with Crippen molar-refractivity contribution in [2.24, 2.45) is 11.7 Å². The number of esters is 1. The first-order valence-corrected chi connectivity index (χ1v) is 3.64. The summed E-state index contributed by atoms with van der Waals surface area (Å²) < 4.78 is 17.3. The van der Waals surface area contributed by atoms with Crippen LogP contribution < -0.4 is 5.73 Å². The van der Waals surface area contributed by atoms with Crippen molar-refractivity contribution in [3.63, 3.8) is 0 Å². The van der Waals surface area contributed by atoms with Gasteiger partial charge in [0.25, 0.3) is 0 Å². The second-order valence-corrected chi connectivity index (χ2v) is 2.37. The van der Waals surface area contributed by atoms with Gasteiger partial charge in [0, 0.05) is 5.92 Å². The fourth-order valence-corrected chi connectivity index (χ4v) is 0.574. The van der Waals surface area contributed by atoms with Crippen molar-refractivity contribution in [1.29, 1.82) is 0 Å². The van der Waals surface area contributed by atoms with Gasteiger partial charge < -0.3 is 10.5 Å². The molecular formula is C7H14FNO2. The van der Waals surface area contributed by atoms with Crippen molar-refractivity contribution in [3.05, 3.63) is 0 Å². The zero-order valence-electron chi connectivity index (χ0n) is 6.84. The average molecular weight is 163 g/mol. The third-order valence-electron chi connectivity index (χ3n) is 1.38. The number of rotatable bonds is 4. The van der Waals surface area contributed by atoms with Gasteiger partial charge in [-0.2, -0.15) is 0 Å². The zero-order chi connectivity index (χ0) is 8.85. The maximum absolute atomic E-state index is 12.8. The largest absolute Gasteiger partial charge is 0.464 e. The van der Waals surface area contributed by atoms with Crippen LogP contribution in [0.15, 0.2) is 0 Å². The molecule has 0 aliphatic heterocycles. The Morgan fingerprint density at radius 3 is 2.64 bits per heavy atom. The molecule has 0 aromatic rings. The third kappa shape index (κ3) is 3.32. The van der Waals surface area contributed by atoms with Gasteiger partial charge in [0.05, 0.1) is 6.61 Å². The smallest absolute Gasteiger partial charge is 0.341 e. The van der Waals surface area contributed by atoms with E-state index in [4.69, 9.17) is 5.73 Å². The molecule has 0 aliphatic rings. The van der Waals surface area contributed by atoms with E-state index in [1.54, 1.807) is 13.8 Å². The Labute approximate surface area is 65.7 Å². The highest BCUT2D eigenvalue weighted by atomic mass is 19.1. The summed E-state index contributed by atoms with van der Waals surface area (Å²) in [7, 11) is 0. The first-order valence-electron chi connectivity index (χ1n) is 3.64. The molecule has 4 heteroatoms. The maximum Gasteiger partial charge on any atom is 0.341 e. The molecule has 0 aromatic carbocycles. The van der Waals surface area contributed by atoms with E-state index in [0.29, 0.717) is 0 Å². The Morgan fingerprint density at radius 2 is 2.27 bits per heavy atom. The highest BCUT2D eigenvalue weighted by Gasteiger charge is 2.24. The topological polar surface area (TPSA) is 52.3 Å². The van der Waals surface area contributed by atoms with Gasteiger partial charge in [-0.1, -0.05) is 6.92 Å². The van der Waals surface area contributed by atoms with Gasteiger partial charge >= 0.3 is 5.97 Å². The average Bonchev–Trinajstić information content (AvgIpc) is 2.02. The molecule has 0 saturated carbocycles. The summed E-state index contributed by atoms with van der Waals surface area (Å²) in [6, 6.07) is 0. The van der Waals surface area contributed by atoms with Crippen LogP contribution in [0.5, 0.6) is 0 Å². The number of hydrogen-bond acceptors (Lipinski definition) is 3. The second-order valence-electron chi connectivity index (χ2n) is 2.37. The van der Waals surface area contributed by atoms with Gasteiger partial charge in [0.1, 0.15) is 0 Å². The Bertz CT molecular complexity index is 130. The molecule has 0 aliphatic carbocycles. The Balaban J connectivity index is 3.80. The van der Waals surface area contributed by atoms with Crippen LogP contribution in [0.3, 0.4) is 0 Å². The maximum atomic E-state index is 12.8. The number of halogens is 1. The van der Waals surface area contributed by atoms with Crippen molar-refractivity contribution in [2.75, 3.05) is 13.2 Å². The van der Waals surface area contributed by atoms with Crippen LogP contribution in [0.2, 0.25) is 0 Å². The van der Waals surface area contributed by atoms with Crippen LogP contribution in [0.4, 0.5) is 4.39 Å². The van der Waals surface area contributed by atoms with E-state index >= 15 is 0 Å². The van der Waals surface area contributed by atoms with Crippen LogP contribution >= 0.6 is 0 Å². The normalized spacial score (nSPS) is 15.6. The molecule has 0 fully saturated rings. The van der Waals surface area contributed by atoms with Gasteiger partial charge in [0.15, 0.2) is 0 Å².